The summed E-state index contributed by atoms with van der Waals surface area (Å²) in [5.41, 5.74) is 5.59. The molecule has 2 aliphatic heterocycles. The third kappa shape index (κ3) is 14.2. The zero-order valence-electron chi connectivity index (χ0n) is 38.2. The van der Waals surface area contributed by atoms with Crippen LogP contribution in [0.2, 0.25) is 0 Å². The first-order valence-electron chi connectivity index (χ1n) is 23.1. The highest BCUT2D eigenvalue weighted by atomic mass is 16.7. The first-order valence-corrected chi connectivity index (χ1v) is 23.1. The van der Waals surface area contributed by atoms with Gasteiger partial charge in [-0.25, -0.2) is 0 Å². The second kappa shape index (κ2) is 25.7. The van der Waals surface area contributed by atoms with E-state index in [0.29, 0.717) is 6.61 Å². The average molecular weight is 925 g/mol. The molecule has 1 N–H and O–H groups in total. The van der Waals surface area contributed by atoms with Crippen molar-refractivity contribution in [3.8, 4) is 0 Å². The van der Waals surface area contributed by atoms with E-state index >= 15 is 0 Å². The summed E-state index contributed by atoms with van der Waals surface area (Å²) in [6, 6.07) is 58.6. The van der Waals surface area contributed by atoms with Gasteiger partial charge in [-0.2, -0.15) is 0 Å². The van der Waals surface area contributed by atoms with Crippen molar-refractivity contribution < 1.29 is 57.3 Å². The highest BCUT2D eigenvalue weighted by Crippen LogP contribution is 2.34. The van der Waals surface area contributed by atoms with Gasteiger partial charge >= 0.3 is 5.97 Å². The summed E-state index contributed by atoms with van der Waals surface area (Å²) in [5.74, 6) is -0.567. The lowest BCUT2D eigenvalue weighted by Crippen LogP contribution is -2.64. The molecule has 0 aliphatic carbocycles. The highest BCUT2D eigenvalue weighted by molar-refractivity contribution is 5.66. The lowest BCUT2D eigenvalue weighted by atomic mass is 9.97. The van der Waals surface area contributed by atoms with Crippen LogP contribution in [-0.4, -0.2) is 85.7 Å². The highest BCUT2D eigenvalue weighted by Gasteiger charge is 2.52. The molecule has 12 heteroatoms. The number of aliphatic hydroxyl groups is 1. The van der Waals surface area contributed by atoms with Crippen LogP contribution in [0, 0.1) is 0 Å². The van der Waals surface area contributed by atoms with Crippen molar-refractivity contribution in [2.24, 2.45) is 0 Å². The van der Waals surface area contributed by atoms with Gasteiger partial charge in [0.2, 0.25) is 0 Å². The average Bonchev–Trinajstić information content (AvgIpc) is 3.38. The van der Waals surface area contributed by atoms with Gasteiger partial charge in [-0.15, -0.1) is 0 Å². The number of benzene rings is 6. The number of rotatable bonds is 23. The monoisotopic (exact) mass is 924 g/mol. The molecule has 0 aromatic heterocycles. The molecular weight excluding hydrogens is 865 g/mol. The first-order chi connectivity index (χ1) is 33.5. The summed E-state index contributed by atoms with van der Waals surface area (Å²) in [6.07, 6.45) is -9.79. The lowest BCUT2D eigenvalue weighted by molar-refractivity contribution is -0.345. The van der Waals surface area contributed by atoms with Crippen LogP contribution in [-0.2, 0) is 91.8 Å². The van der Waals surface area contributed by atoms with Crippen molar-refractivity contribution in [3.05, 3.63) is 215 Å². The molecule has 356 valence electrons. The van der Waals surface area contributed by atoms with Crippen molar-refractivity contribution in [2.45, 2.75) is 108 Å². The van der Waals surface area contributed by atoms with Gasteiger partial charge in [0.1, 0.15) is 42.7 Å². The summed E-state index contributed by atoms with van der Waals surface area (Å²) in [5, 5.41) is 11.8. The number of esters is 1. The van der Waals surface area contributed by atoms with E-state index in [1.54, 1.807) is 0 Å². The Morgan fingerprint density at radius 2 is 0.721 bits per heavy atom. The van der Waals surface area contributed by atoms with E-state index in [9.17, 15) is 9.90 Å². The molecule has 10 atom stereocenters. The zero-order valence-corrected chi connectivity index (χ0v) is 38.2. The maximum Gasteiger partial charge on any atom is 0.303 e. The van der Waals surface area contributed by atoms with Crippen LogP contribution in [0.4, 0.5) is 0 Å². The standard InChI is InChI=1S/C56H60O12/c1-40(57)66-54-52(63-36-45-28-16-6-17-29-45)49(60-33-42-22-10-3-11-23-42)47(38-59-32-41-20-8-2-9-21-41)68-56(54)65-39-48-50(61-34-43-24-12-4-13-25-43)51(62-35-44-26-14-5-15-27-44)53(55(58)67-48)64-37-46-30-18-7-19-31-46/h2-31,47-56,58H,32-39H2,1H3/t47-,48-,49+,50-,51+,52+,53-,54-,55+,56-/m1/s1. The minimum absolute atomic E-state index is 0.0868. The SMILES string of the molecule is CC(=O)O[C@H]1[C@H](OC[C@H]2O[C@H](O)[C@H](OCc3ccccc3)[C@@H](OCc3ccccc3)[C@@H]2OCc2ccccc2)O[C@H](COCc2ccccc2)[C@H](OCc2ccccc2)[C@@H]1OCc1ccccc1. The number of hydrogen-bond acceptors (Lipinski definition) is 12. The van der Waals surface area contributed by atoms with E-state index in [2.05, 4.69) is 0 Å². The van der Waals surface area contributed by atoms with Crippen molar-refractivity contribution in [1.82, 2.24) is 0 Å². The van der Waals surface area contributed by atoms with Crippen LogP contribution >= 0.6 is 0 Å². The van der Waals surface area contributed by atoms with Crippen LogP contribution in [0.25, 0.3) is 0 Å². The van der Waals surface area contributed by atoms with Gasteiger partial charge in [0.25, 0.3) is 0 Å². The number of carbonyl (C=O) groups is 1. The predicted octanol–water partition coefficient (Wildman–Crippen LogP) is 8.52. The fraction of sp³-hybridized carbons (Fsp3) is 0.339. The van der Waals surface area contributed by atoms with Crippen LogP contribution in [0.3, 0.4) is 0 Å². The molecule has 0 amide bonds. The largest absolute Gasteiger partial charge is 0.454 e. The Morgan fingerprint density at radius 3 is 1.10 bits per heavy atom. The number of aliphatic hydroxyl groups excluding tert-OH is 1. The molecule has 0 spiro atoms. The normalized spacial score (nSPS) is 24.9. The first kappa shape index (κ1) is 48.8. The van der Waals surface area contributed by atoms with Crippen molar-refractivity contribution >= 4 is 5.97 Å². The molecule has 0 saturated carbocycles. The van der Waals surface area contributed by atoms with Gasteiger partial charge in [0, 0.05) is 6.92 Å². The molecule has 0 bridgehead atoms. The van der Waals surface area contributed by atoms with Gasteiger partial charge < -0.3 is 52.5 Å². The van der Waals surface area contributed by atoms with E-state index in [1.165, 1.54) is 6.92 Å². The Bertz CT molecular complexity index is 2330. The predicted molar refractivity (Wildman–Crippen MR) is 252 cm³/mol. The smallest absolute Gasteiger partial charge is 0.303 e. The summed E-state index contributed by atoms with van der Waals surface area (Å²) in [4.78, 5) is 13.1. The fourth-order valence-electron chi connectivity index (χ4n) is 8.34. The Balaban J connectivity index is 1.09. The molecular formula is C56H60O12. The molecule has 2 aliphatic rings. The van der Waals surface area contributed by atoms with E-state index < -0.39 is 67.4 Å². The van der Waals surface area contributed by atoms with Crippen LogP contribution in [0.5, 0.6) is 0 Å². The van der Waals surface area contributed by atoms with Gasteiger partial charge in [-0.1, -0.05) is 182 Å². The molecule has 2 saturated heterocycles. The second-order valence-electron chi connectivity index (χ2n) is 16.8. The van der Waals surface area contributed by atoms with E-state index in [1.807, 2.05) is 182 Å². The molecule has 6 aromatic rings. The zero-order chi connectivity index (χ0) is 46.8. The lowest BCUT2D eigenvalue weighted by Gasteiger charge is -2.47. The van der Waals surface area contributed by atoms with Gasteiger partial charge in [-0.3, -0.25) is 4.79 Å². The molecule has 2 fully saturated rings. The number of hydrogen-bond donors (Lipinski definition) is 1. The van der Waals surface area contributed by atoms with Gasteiger partial charge in [0.15, 0.2) is 18.7 Å². The third-order valence-corrected chi connectivity index (χ3v) is 11.7. The Hall–Kier alpha value is -5.61. The summed E-state index contributed by atoms with van der Waals surface area (Å²) < 4.78 is 65.7. The molecule has 12 nitrogen and oxygen atoms in total. The molecule has 6 aromatic carbocycles. The van der Waals surface area contributed by atoms with Crippen LogP contribution < -0.4 is 0 Å². The minimum atomic E-state index is -1.45. The summed E-state index contributed by atoms with van der Waals surface area (Å²) >= 11 is 0. The summed E-state index contributed by atoms with van der Waals surface area (Å²) in [6.45, 7) is 2.54. The second-order valence-corrected chi connectivity index (χ2v) is 16.8. The van der Waals surface area contributed by atoms with Crippen LogP contribution in [0.1, 0.15) is 40.3 Å². The Kier molecular flexibility index (Phi) is 18.4. The minimum Gasteiger partial charge on any atom is -0.454 e. The quantitative estimate of drug-likeness (QED) is 0.0619. The molecule has 2 heterocycles. The van der Waals surface area contributed by atoms with E-state index in [0.717, 1.165) is 33.4 Å². The maximum absolute atomic E-state index is 13.1. The van der Waals surface area contributed by atoms with Crippen molar-refractivity contribution in [2.75, 3.05) is 13.2 Å². The van der Waals surface area contributed by atoms with Crippen molar-refractivity contribution in [3.63, 3.8) is 0 Å². The van der Waals surface area contributed by atoms with Gasteiger partial charge in [0.05, 0.1) is 52.9 Å². The molecule has 68 heavy (non-hydrogen) atoms. The molecule has 0 unspecified atom stereocenters. The van der Waals surface area contributed by atoms with E-state index in [-0.39, 0.29) is 46.2 Å². The molecule has 0 radical (unpaired) electrons. The topological polar surface area (TPSA) is 130 Å². The fourth-order valence-corrected chi connectivity index (χ4v) is 8.34. The third-order valence-electron chi connectivity index (χ3n) is 11.7. The number of ether oxygens (including phenoxy) is 10. The van der Waals surface area contributed by atoms with Crippen LogP contribution in [0.15, 0.2) is 182 Å². The van der Waals surface area contributed by atoms with Gasteiger partial charge in [-0.05, 0) is 33.4 Å². The van der Waals surface area contributed by atoms with Crippen molar-refractivity contribution in [1.29, 1.82) is 0 Å². The maximum atomic E-state index is 13.1. The summed E-state index contributed by atoms with van der Waals surface area (Å²) in [7, 11) is 0. The number of carbonyl (C=O) groups excluding carboxylic acids is 1. The van der Waals surface area contributed by atoms with E-state index in [4.69, 9.17) is 47.4 Å². The Labute approximate surface area is 398 Å². The molecule has 8 rings (SSSR count). The Morgan fingerprint density at radius 1 is 0.397 bits per heavy atom.